The minimum absolute atomic E-state index is 0.0150. The zero-order valence-corrected chi connectivity index (χ0v) is 16.8. The summed E-state index contributed by atoms with van der Waals surface area (Å²) in [6.07, 6.45) is 3.82. The van der Waals surface area contributed by atoms with Crippen molar-refractivity contribution in [2.75, 3.05) is 33.5 Å². The van der Waals surface area contributed by atoms with Crippen molar-refractivity contribution in [2.45, 2.75) is 38.6 Å². The highest BCUT2D eigenvalue weighted by molar-refractivity contribution is 5.99. The fourth-order valence-corrected chi connectivity index (χ4v) is 4.05. The van der Waals surface area contributed by atoms with E-state index in [1.54, 1.807) is 7.11 Å². The summed E-state index contributed by atoms with van der Waals surface area (Å²) in [5, 5.41) is 11.8. The Morgan fingerprint density at radius 2 is 1.72 bits per heavy atom. The van der Waals surface area contributed by atoms with Crippen LogP contribution in [0.25, 0.3) is 10.8 Å². The molecule has 1 aliphatic carbocycles. The zero-order chi connectivity index (χ0) is 20.0. The Kier molecular flexibility index (Phi) is 4.86. The van der Waals surface area contributed by atoms with E-state index in [0.717, 1.165) is 63.5 Å². The molecule has 6 heteroatoms. The second kappa shape index (κ2) is 7.52. The number of aryl methyl sites for hydroxylation is 1. The van der Waals surface area contributed by atoms with Crippen LogP contribution in [0.3, 0.4) is 0 Å². The number of aliphatic hydroxyl groups is 1. The number of benzene rings is 2. The third-order valence-corrected chi connectivity index (χ3v) is 5.74. The van der Waals surface area contributed by atoms with Crippen molar-refractivity contribution in [1.82, 2.24) is 0 Å². The Morgan fingerprint density at radius 1 is 1.03 bits per heavy atom. The van der Waals surface area contributed by atoms with Crippen LogP contribution in [0.5, 0.6) is 11.5 Å². The number of hydrogen-bond donors (Lipinski definition) is 1. The summed E-state index contributed by atoms with van der Waals surface area (Å²) < 4.78 is 28.9. The Balaban J connectivity index is 1.70. The minimum atomic E-state index is -0.0150. The molecule has 0 spiro atoms. The van der Waals surface area contributed by atoms with Crippen molar-refractivity contribution in [3.8, 4) is 11.5 Å². The second-order valence-electron chi connectivity index (χ2n) is 7.90. The largest absolute Gasteiger partial charge is 0.501 e. The lowest BCUT2D eigenvalue weighted by molar-refractivity contribution is 0.252. The van der Waals surface area contributed by atoms with Gasteiger partial charge >= 0.3 is 0 Å². The predicted octanol–water partition coefficient (Wildman–Crippen LogP) is 2.82. The normalized spacial score (nSPS) is 22.1. The van der Waals surface area contributed by atoms with Crippen molar-refractivity contribution >= 4 is 10.8 Å². The quantitative estimate of drug-likeness (QED) is 0.690. The van der Waals surface area contributed by atoms with Crippen LogP contribution in [0.1, 0.15) is 22.3 Å². The monoisotopic (exact) mass is 398 g/mol. The number of epoxide rings is 2. The predicted molar refractivity (Wildman–Crippen MR) is 108 cm³/mol. The lowest BCUT2D eigenvalue weighted by Gasteiger charge is -2.26. The number of methoxy groups -OCH3 is 1. The zero-order valence-electron chi connectivity index (χ0n) is 16.8. The molecule has 2 aromatic carbocycles. The van der Waals surface area contributed by atoms with Crippen LogP contribution in [-0.2, 0) is 33.7 Å². The van der Waals surface area contributed by atoms with Gasteiger partial charge in [-0.3, -0.25) is 0 Å². The molecule has 2 aliphatic heterocycles. The molecule has 0 bridgehead atoms. The van der Waals surface area contributed by atoms with Crippen LogP contribution in [-0.4, -0.2) is 50.9 Å². The van der Waals surface area contributed by atoms with Gasteiger partial charge in [0.25, 0.3) is 0 Å². The van der Waals surface area contributed by atoms with Crippen LogP contribution < -0.4 is 9.47 Å². The molecule has 5 rings (SSSR count). The lowest BCUT2D eigenvalue weighted by Crippen LogP contribution is -2.15. The number of aliphatic hydroxyl groups excluding tert-OH is 1. The maximum absolute atomic E-state index is 9.76. The van der Waals surface area contributed by atoms with E-state index in [-0.39, 0.29) is 18.8 Å². The van der Waals surface area contributed by atoms with Crippen LogP contribution in [0, 0.1) is 6.92 Å². The first-order chi connectivity index (χ1) is 14.2. The molecule has 2 aromatic rings. The Bertz CT molecular complexity index is 971. The number of fused-ring (bicyclic) bond motifs is 2. The molecule has 0 aromatic heterocycles. The fourth-order valence-electron chi connectivity index (χ4n) is 4.05. The van der Waals surface area contributed by atoms with E-state index in [1.165, 1.54) is 0 Å². The summed E-state index contributed by atoms with van der Waals surface area (Å²) in [5.74, 6) is 2.68. The summed E-state index contributed by atoms with van der Waals surface area (Å²) >= 11 is 0. The molecule has 3 aliphatic rings. The summed E-state index contributed by atoms with van der Waals surface area (Å²) in [6, 6.07) is 4.03. The SMILES string of the molecule is COC1=CCc2c(c(OCC3CO3)c3c(C)cc(CO)cc3c2OCC2CO2)C1. The van der Waals surface area contributed by atoms with E-state index >= 15 is 0 Å². The first kappa shape index (κ1) is 18.7. The fraction of sp³-hybridized carbons (Fsp3) is 0.478. The van der Waals surface area contributed by atoms with Crippen LogP contribution in [0.4, 0.5) is 0 Å². The maximum Gasteiger partial charge on any atom is 0.131 e. The molecule has 2 fully saturated rings. The lowest BCUT2D eigenvalue weighted by atomic mass is 9.87. The van der Waals surface area contributed by atoms with Gasteiger partial charge in [0, 0.05) is 28.3 Å². The van der Waals surface area contributed by atoms with Gasteiger partial charge in [0.15, 0.2) is 0 Å². The Hall–Kier alpha value is -2.28. The van der Waals surface area contributed by atoms with E-state index in [1.807, 2.05) is 12.1 Å². The summed E-state index contributed by atoms with van der Waals surface area (Å²) in [7, 11) is 1.71. The van der Waals surface area contributed by atoms with Gasteiger partial charge in [0.05, 0.1) is 32.7 Å². The first-order valence-corrected chi connectivity index (χ1v) is 10.1. The van der Waals surface area contributed by atoms with Crippen molar-refractivity contribution in [3.05, 3.63) is 46.2 Å². The average molecular weight is 398 g/mol. The summed E-state index contributed by atoms with van der Waals surface area (Å²) in [5.41, 5.74) is 4.16. The molecule has 0 amide bonds. The molecule has 2 heterocycles. The smallest absolute Gasteiger partial charge is 0.131 e. The van der Waals surface area contributed by atoms with Crippen molar-refractivity contribution in [3.63, 3.8) is 0 Å². The Labute approximate surface area is 170 Å². The molecule has 6 nitrogen and oxygen atoms in total. The van der Waals surface area contributed by atoms with Gasteiger partial charge < -0.3 is 28.8 Å². The molecule has 2 unspecified atom stereocenters. The molecule has 29 heavy (non-hydrogen) atoms. The number of hydrogen-bond acceptors (Lipinski definition) is 6. The van der Waals surface area contributed by atoms with Gasteiger partial charge in [-0.1, -0.05) is 6.07 Å². The van der Waals surface area contributed by atoms with Crippen molar-refractivity contribution in [2.24, 2.45) is 0 Å². The number of ether oxygens (including phenoxy) is 5. The van der Waals surface area contributed by atoms with Gasteiger partial charge in [0.1, 0.15) is 36.9 Å². The molecule has 2 saturated heterocycles. The van der Waals surface area contributed by atoms with Crippen molar-refractivity contribution in [1.29, 1.82) is 0 Å². The highest BCUT2D eigenvalue weighted by Crippen LogP contribution is 2.46. The number of rotatable bonds is 8. The van der Waals surface area contributed by atoms with Crippen molar-refractivity contribution < 1.29 is 28.8 Å². The summed E-state index contributed by atoms with van der Waals surface area (Å²) in [4.78, 5) is 0. The average Bonchev–Trinajstić information content (AvgIpc) is 3.65. The van der Waals surface area contributed by atoms with Gasteiger partial charge in [0.2, 0.25) is 0 Å². The first-order valence-electron chi connectivity index (χ1n) is 10.1. The molecular formula is C23H26O6. The topological polar surface area (TPSA) is 73.0 Å². The van der Waals surface area contributed by atoms with Gasteiger partial charge in [-0.05, 0) is 36.6 Å². The molecule has 0 radical (unpaired) electrons. The number of allylic oxidation sites excluding steroid dienone is 2. The van der Waals surface area contributed by atoms with Crippen LogP contribution >= 0.6 is 0 Å². The van der Waals surface area contributed by atoms with Crippen LogP contribution in [0.2, 0.25) is 0 Å². The molecule has 154 valence electrons. The second-order valence-corrected chi connectivity index (χ2v) is 7.90. The highest BCUT2D eigenvalue weighted by Gasteiger charge is 2.30. The van der Waals surface area contributed by atoms with Gasteiger partial charge in [-0.2, -0.15) is 0 Å². The summed E-state index contributed by atoms with van der Waals surface area (Å²) in [6.45, 7) is 4.60. The molecular weight excluding hydrogens is 372 g/mol. The Morgan fingerprint density at radius 3 is 2.34 bits per heavy atom. The van der Waals surface area contributed by atoms with E-state index in [2.05, 4.69) is 13.0 Å². The molecule has 2 atom stereocenters. The molecule has 0 saturated carbocycles. The van der Waals surface area contributed by atoms with E-state index in [9.17, 15) is 5.11 Å². The minimum Gasteiger partial charge on any atom is -0.501 e. The maximum atomic E-state index is 9.76. The van der Waals surface area contributed by atoms with E-state index in [4.69, 9.17) is 23.7 Å². The highest BCUT2D eigenvalue weighted by atomic mass is 16.6. The van der Waals surface area contributed by atoms with E-state index < -0.39 is 0 Å². The standard InChI is InChI=1S/C23H26O6/c1-13-5-14(8-24)6-20-21(13)23(29-12-17-10-27-17)19-7-15(25-2)3-4-18(19)22(20)28-11-16-9-26-16/h3,5-6,16-17,24H,4,7-12H2,1-2H3. The third kappa shape index (κ3) is 3.68. The molecule has 1 N–H and O–H groups in total. The van der Waals surface area contributed by atoms with E-state index in [0.29, 0.717) is 26.1 Å². The van der Waals surface area contributed by atoms with Crippen LogP contribution in [0.15, 0.2) is 24.0 Å². The van der Waals surface area contributed by atoms with Gasteiger partial charge in [-0.15, -0.1) is 0 Å². The third-order valence-electron chi connectivity index (χ3n) is 5.74. The van der Waals surface area contributed by atoms with Gasteiger partial charge in [-0.25, -0.2) is 0 Å².